The van der Waals surface area contributed by atoms with Gasteiger partial charge < -0.3 is 19.3 Å². The second kappa shape index (κ2) is 8.88. The van der Waals surface area contributed by atoms with Crippen molar-refractivity contribution in [3.05, 3.63) is 34.4 Å². The first kappa shape index (κ1) is 21.8. The molecule has 5 heteroatoms. The van der Waals surface area contributed by atoms with Gasteiger partial charge in [0.2, 0.25) is 6.29 Å². The van der Waals surface area contributed by atoms with Crippen LogP contribution in [0.4, 0.5) is 0 Å². The summed E-state index contributed by atoms with van der Waals surface area (Å²) in [6.45, 7) is 11.4. The molecule has 5 nitrogen and oxygen atoms in total. The third-order valence-electron chi connectivity index (χ3n) is 6.02. The summed E-state index contributed by atoms with van der Waals surface area (Å²) in [6.07, 6.45) is 4.77. The third kappa shape index (κ3) is 4.67. The number of ether oxygens (including phenoxy) is 3. The molecular formula is C24H34O5. The van der Waals surface area contributed by atoms with Gasteiger partial charge in [0, 0.05) is 24.0 Å². The van der Waals surface area contributed by atoms with Gasteiger partial charge in [-0.25, -0.2) is 0 Å². The minimum absolute atomic E-state index is 0.130. The molecule has 0 saturated carbocycles. The highest BCUT2D eigenvalue weighted by molar-refractivity contribution is 5.71. The van der Waals surface area contributed by atoms with Crippen LogP contribution in [0.3, 0.4) is 0 Å². The monoisotopic (exact) mass is 402 g/mol. The molecule has 29 heavy (non-hydrogen) atoms. The molecule has 0 amide bonds. The fourth-order valence-corrected chi connectivity index (χ4v) is 4.84. The van der Waals surface area contributed by atoms with Crippen molar-refractivity contribution >= 4 is 5.97 Å². The van der Waals surface area contributed by atoms with E-state index in [1.807, 2.05) is 13.0 Å². The van der Waals surface area contributed by atoms with Crippen molar-refractivity contribution in [3.63, 3.8) is 0 Å². The van der Waals surface area contributed by atoms with Gasteiger partial charge in [-0.05, 0) is 76.8 Å². The smallest absolute Gasteiger partial charge is 0.308 e. The molecule has 2 aliphatic rings. The number of hydrogen-bond acceptors (Lipinski definition) is 5. The molecule has 0 bridgehead atoms. The molecule has 0 saturated heterocycles. The third-order valence-corrected chi connectivity index (χ3v) is 6.02. The number of carbonyl (C=O) groups is 1. The molecule has 1 aromatic carbocycles. The van der Waals surface area contributed by atoms with Crippen molar-refractivity contribution in [2.75, 3.05) is 0 Å². The molecule has 3 rings (SSSR count). The number of rotatable bonds is 6. The zero-order valence-electron chi connectivity index (χ0n) is 18.5. The van der Waals surface area contributed by atoms with E-state index in [0.717, 1.165) is 42.6 Å². The average molecular weight is 403 g/mol. The Morgan fingerprint density at radius 1 is 1.31 bits per heavy atom. The molecule has 1 aliphatic carbocycles. The van der Waals surface area contributed by atoms with Crippen LogP contribution in [0.15, 0.2) is 17.7 Å². The number of hydrogen-bond donors (Lipinski definition) is 1. The molecule has 2 unspecified atom stereocenters. The highest BCUT2D eigenvalue weighted by atomic mass is 16.7. The predicted octanol–water partition coefficient (Wildman–Crippen LogP) is 5.34. The Labute approximate surface area is 174 Å². The Morgan fingerprint density at radius 2 is 2.03 bits per heavy atom. The van der Waals surface area contributed by atoms with Crippen LogP contribution in [0.5, 0.6) is 11.5 Å². The molecule has 5 atom stereocenters. The summed E-state index contributed by atoms with van der Waals surface area (Å²) in [5, 5.41) is 9.89. The molecule has 1 N–H and O–H groups in total. The first-order valence-corrected chi connectivity index (χ1v) is 10.7. The molecule has 160 valence electrons. The first-order valence-electron chi connectivity index (χ1n) is 10.7. The summed E-state index contributed by atoms with van der Waals surface area (Å²) < 4.78 is 17.8. The second-order valence-electron chi connectivity index (χ2n) is 8.77. The Balaban J connectivity index is 2.08. The number of esters is 1. The fraction of sp³-hybridized carbons (Fsp3) is 0.625. The first-order chi connectivity index (χ1) is 13.7. The van der Waals surface area contributed by atoms with E-state index < -0.39 is 12.6 Å². The zero-order chi connectivity index (χ0) is 21.3. The molecule has 1 heterocycles. The minimum atomic E-state index is -0.893. The van der Waals surface area contributed by atoms with Crippen molar-refractivity contribution in [2.24, 2.45) is 5.92 Å². The van der Waals surface area contributed by atoms with Crippen LogP contribution in [0.2, 0.25) is 0 Å². The van der Waals surface area contributed by atoms with Gasteiger partial charge in [0.05, 0.1) is 0 Å². The largest absolute Gasteiger partial charge is 0.464 e. The van der Waals surface area contributed by atoms with Crippen LogP contribution in [0, 0.1) is 12.8 Å². The van der Waals surface area contributed by atoms with Gasteiger partial charge in [0.25, 0.3) is 0 Å². The number of aliphatic hydroxyl groups excluding tert-OH is 1. The van der Waals surface area contributed by atoms with Crippen LogP contribution in [-0.2, 0) is 9.53 Å². The summed E-state index contributed by atoms with van der Waals surface area (Å²) in [6, 6.07) is 1.90. The van der Waals surface area contributed by atoms with Crippen LogP contribution in [0.25, 0.3) is 0 Å². The Kier molecular flexibility index (Phi) is 6.69. The lowest BCUT2D eigenvalue weighted by Crippen LogP contribution is -2.42. The van der Waals surface area contributed by atoms with Crippen LogP contribution < -0.4 is 9.47 Å². The maximum atomic E-state index is 11.7. The van der Waals surface area contributed by atoms with E-state index >= 15 is 0 Å². The number of allylic oxidation sites excluding steroid dienone is 2. The summed E-state index contributed by atoms with van der Waals surface area (Å²) in [5.74, 6) is 1.87. The fourth-order valence-electron chi connectivity index (χ4n) is 4.84. The van der Waals surface area contributed by atoms with E-state index in [0.29, 0.717) is 11.7 Å². The van der Waals surface area contributed by atoms with Gasteiger partial charge in [-0.2, -0.15) is 0 Å². The van der Waals surface area contributed by atoms with Crippen molar-refractivity contribution in [1.82, 2.24) is 0 Å². The van der Waals surface area contributed by atoms with Gasteiger partial charge in [-0.15, -0.1) is 0 Å². The molecular weight excluding hydrogens is 368 g/mol. The van der Waals surface area contributed by atoms with E-state index in [1.165, 1.54) is 18.1 Å². The van der Waals surface area contributed by atoms with Crippen molar-refractivity contribution < 1.29 is 24.1 Å². The average Bonchev–Trinajstić information content (AvgIpc) is 2.60. The maximum Gasteiger partial charge on any atom is 0.308 e. The molecule has 0 spiro atoms. The Bertz CT molecular complexity index is 791. The van der Waals surface area contributed by atoms with Crippen molar-refractivity contribution in [1.29, 1.82) is 0 Å². The summed E-state index contributed by atoms with van der Waals surface area (Å²) in [5.41, 5.74) is 4.49. The van der Waals surface area contributed by atoms with Gasteiger partial charge in [0.15, 0.2) is 6.29 Å². The number of benzene rings is 1. The number of carbonyl (C=O) groups excluding carboxylic acids is 1. The van der Waals surface area contributed by atoms with E-state index in [1.54, 1.807) is 6.92 Å². The SMILES string of the molecule is CC(=O)Oc1cc(C)c2c3c1[C@H](C)CC[C@H]3[C@H](CCC=C(C)C)C(OC(C)O)O2. The maximum absolute atomic E-state index is 11.7. The Morgan fingerprint density at radius 3 is 2.66 bits per heavy atom. The Hall–Kier alpha value is -1.85. The van der Waals surface area contributed by atoms with Crippen LogP contribution in [-0.4, -0.2) is 23.7 Å². The van der Waals surface area contributed by atoms with Crippen molar-refractivity contribution in [2.45, 2.75) is 91.6 Å². The second-order valence-corrected chi connectivity index (χ2v) is 8.77. The number of aliphatic hydroxyl groups is 1. The zero-order valence-corrected chi connectivity index (χ0v) is 18.5. The quantitative estimate of drug-likeness (QED) is 0.301. The molecule has 0 radical (unpaired) electrons. The highest BCUT2D eigenvalue weighted by Crippen LogP contribution is 2.55. The lowest BCUT2D eigenvalue weighted by molar-refractivity contribution is -0.218. The molecule has 0 fully saturated rings. The minimum Gasteiger partial charge on any atom is -0.464 e. The normalized spacial score (nSPS) is 26.2. The van der Waals surface area contributed by atoms with Gasteiger partial charge in [-0.3, -0.25) is 4.79 Å². The van der Waals surface area contributed by atoms with Gasteiger partial charge in [-0.1, -0.05) is 18.6 Å². The lowest BCUT2D eigenvalue weighted by Gasteiger charge is -2.45. The predicted molar refractivity (Wildman–Crippen MR) is 112 cm³/mol. The van der Waals surface area contributed by atoms with E-state index in [-0.39, 0.29) is 17.8 Å². The number of aryl methyl sites for hydroxylation is 1. The van der Waals surface area contributed by atoms with Crippen molar-refractivity contribution in [3.8, 4) is 11.5 Å². The van der Waals surface area contributed by atoms with Gasteiger partial charge in [0.1, 0.15) is 11.5 Å². The standard InChI is InChI=1S/C24H34O5/c1-13(2)8-7-9-19-18-11-10-14(3)21-20(27-16(5)25)12-15(4)23(22(18)21)29-24(19)28-17(6)26/h8,12,14,17-19,24,26H,7,9-11H2,1-6H3/t14-,17?,18+,19+,24?/m1/s1. The van der Waals surface area contributed by atoms with Crippen LogP contribution in [0.1, 0.15) is 88.8 Å². The lowest BCUT2D eigenvalue weighted by atomic mass is 9.68. The van der Waals surface area contributed by atoms with E-state index in [9.17, 15) is 9.90 Å². The van der Waals surface area contributed by atoms with E-state index in [2.05, 4.69) is 26.8 Å². The van der Waals surface area contributed by atoms with Crippen LogP contribution >= 0.6 is 0 Å². The highest BCUT2D eigenvalue weighted by Gasteiger charge is 2.44. The summed E-state index contributed by atoms with van der Waals surface area (Å²) in [4.78, 5) is 11.7. The molecule has 0 aromatic heterocycles. The topological polar surface area (TPSA) is 65.0 Å². The summed E-state index contributed by atoms with van der Waals surface area (Å²) in [7, 11) is 0. The molecule has 1 aromatic rings. The molecule has 1 aliphatic heterocycles. The van der Waals surface area contributed by atoms with E-state index in [4.69, 9.17) is 14.2 Å². The summed E-state index contributed by atoms with van der Waals surface area (Å²) >= 11 is 0. The van der Waals surface area contributed by atoms with Gasteiger partial charge >= 0.3 is 5.97 Å².